The van der Waals surface area contributed by atoms with E-state index in [1.807, 2.05) is 24.3 Å². The molecule has 0 aliphatic heterocycles. The molecule has 0 aliphatic rings. The summed E-state index contributed by atoms with van der Waals surface area (Å²) in [6, 6.07) is 17.6. The molecule has 0 saturated carbocycles. The van der Waals surface area contributed by atoms with Crippen LogP contribution in [-0.2, 0) is 0 Å². The first-order valence-corrected chi connectivity index (χ1v) is 6.53. The van der Waals surface area contributed by atoms with Gasteiger partial charge in [0.25, 0.3) is 5.91 Å². The smallest absolute Gasteiger partial charge is 0.260 e. The SMILES string of the molecule is Nc1cccc(NC(=O)c2c(O)ccc3ccccc23)c1. The topological polar surface area (TPSA) is 75.3 Å². The number of hydrogen-bond acceptors (Lipinski definition) is 3. The molecule has 0 radical (unpaired) electrons. The molecule has 0 bridgehead atoms. The summed E-state index contributed by atoms with van der Waals surface area (Å²) in [4.78, 5) is 12.4. The largest absolute Gasteiger partial charge is 0.507 e. The van der Waals surface area contributed by atoms with Crippen LogP contribution >= 0.6 is 0 Å². The van der Waals surface area contributed by atoms with Gasteiger partial charge < -0.3 is 16.2 Å². The van der Waals surface area contributed by atoms with Crippen molar-refractivity contribution in [2.45, 2.75) is 0 Å². The molecular weight excluding hydrogens is 264 g/mol. The lowest BCUT2D eigenvalue weighted by atomic mass is 10.0. The van der Waals surface area contributed by atoms with Crippen molar-refractivity contribution >= 4 is 28.1 Å². The van der Waals surface area contributed by atoms with Crippen molar-refractivity contribution in [1.82, 2.24) is 0 Å². The summed E-state index contributed by atoms with van der Waals surface area (Å²) in [5, 5.41) is 14.4. The van der Waals surface area contributed by atoms with Crippen LogP contribution in [0.1, 0.15) is 10.4 Å². The normalized spacial score (nSPS) is 10.5. The lowest BCUT2D eigenvalue weighted by Gasteiger charge is -2.10. The number of phenols is 1. The summed E-state index contributed by atoms with van der Waals surface area (Å²) >= 11 is 0. The van der Waals surface area contributed by atoms with Crippen LogP contribution in [0.4, 0.5) is 11.4 Å². The molecule has 1 amide bonds. The van der Waals surface area contributed by atoms with Gasteiger partial charge in [-0.05, 0) is 35.0 Å². The van der Waals surface area contributed by atoms with Gasteiger partial charge in [0.05, 0.1) is 5.56 Å². The molecule has 0 saturated heterocycles. The Morgan fingerprint density at radius 2 is 1.81 bits per heavy atom. The molecule has 0 aromatic heterocycles. The molecule has 0 aliphatic carbocycles. The summed E-state index contributed by atoms with van der Waals surface area (Å²) in [5.41, 5.74) is 7.11. The number of rotatable bonds is 2. The standard InChI is InChI=1S/C17H14N2O2/c18-12-5-3-6-13(10-12)19-17(21)16-14-7-2-1-4-11(14)8-9-15(16)20/h1-10,20H,18H2,(H,19,21). The van der Waals surface area contributed by atoms with Crippen molar-refractivity contribution in [2.75, 3.05) is 11.1 Å². The monoisotopic (exact) mass is 278 g/mol. The zero-order chi connectivity index (χ0) is 14.8. The number of hydrogen-bond donors (Lipinski definition) is 3. The molecule has 4 nitrogen and oxygen atoms in total. The van der Waals surface area contributed by atoms with E-state index in [1.54, 1.807) is 30.3 Å². The van der Waals surface area contributed by atoms with Crippen LogP contribution in [0.15, 0.2) is 60.7 Å². The lowest BCUT2D eigenvalue weighted by molar-refractivity contribution is 0.102. The van der Waals surface area contributed by atoms with Crippen molar-refractivity contribution in [2.24, 2.45) is 0 Å². The highest BCUT2D eigenvalue weighted by Gasteiger charge is 2.15. The van der Waals surface area contributed by atoms with E-state index < -0.39 is 0 Å². The van der Waals surface area contributed by atoms with E-state index in [1.165, 1.54) is 6.07 Å². The number of anilines is 2. The van der Waals surface area contributed by atoms with E-state index in [4.69, 9.17) is 5.73 Å². The van der Waals surface area contributed by atoms with E-state index in [-0.39, 0.29) is 17.2 Å². The van der Waals surface area contributed by atoms with Gasteiger partial charge in [0.2, 0.25) is 0 Å². The molecule has 4 N–H and O–H groups in total. The van der Waals surface area contributed by atoms with Gasteiger partial charge in [0.1, 0.15) is 5.75 Å². The molecule has 21 heavy (non-hydrogen) atoms. The van der Waals surface area contributed by atoms with Gasteiger partial charge in [-0.25, -0.2) is 0 Å². The third kappa shape index (κ3) is 2.51. The molecule has 3 aromatic carbocycles. The van der Waals surface area contributed by atoms with Crippen LogP contribution in [-0.4, -0.2) is 11.0 Å². The molecule has 3 rings (SSSR count). The predicted molar refractivity (Wildman–Crippen MR) is 84.4 cm³/mol. The van der Waals surface area contributed by atoms with E-state index >= 15 is 0 Å². The number of nitrogen functional groups attached to an aromatic ring is 1. The maximum absolute atomic E-state index is 12.4. The van der Waals surface area contributed by atoms with Gasteiger partial charge in [-0.3, -0.25) is 4.79 Å². The number of nitrogens with two attached hydrogens (primary N) is 1. The molecule has 0 heterocycles. The molecule has 4 heteroatoms. The highest BCUT2D eigenvalue weighted by Crippen LogP contribution is 2.28. The minimum absolute atomic E-state index is 0.0462. The van der Waals surface area contributed by atoms with Crippen LogP contribution in [0.3, 0.4) is 0 Å². The first-order chi connectivity index (χ1) is 10.1. The number of aromatic hydroxyl groups is 1. The van der Waals surface area contributed by atoms with Gasteiger partial charge in [-0.2, -0.15) is 0 Å². The Balaban J connectivity index is 2.03. The number of carbonyl (C=O) groups excluding carboxylic acids is 1. The first kappa shape index (κ1) is 13.0. The first-order valence-electron chi connectivity index (χ1n) is 6.53. The number of phenolic OH excluding ortho intramolecular Hbond substituents is 1. The maximum atomic E-state index is 12.4. The zero-order valence-electron chi connectivity index (χ0n) is 11.2. The maximum Gasteiger partial charge on any atom is 0.260 e. The van der Waals surface area contributed by atoms with Crippen LogP contribution < -0.4 is 11.1 Å². The zero-order valence-corrected chi connectivity index (χ0v) is 11.2. The van der Waals surface area contributed by atoms with E-state index in [2.05, 4.69) is 5.32 Å². The minimum Gasteiger partial charge on any atom is -0.507 e. The summed E-state index contributed by atoms with van der Waals surface area (Å²) in [7, 11) is 0. The molecule has 104 valence electrons. The summed E-state index contributed by atoms with van der Waals surface area (Å²) in [6.07, 6.45) is 0. The minimum atomic E-state index is -0.366. The Labute approximate surface area is 121 Å². The highest BCUT2D eigenvalue weighted by molar-refractivity contribution is 6.15. The number of nitrogens with one attached hydrogen (secondary N) is 1. The number of carbonyl (C=O) groups is 1. The Kier molecular flexibility index (Phi) is 3.20. The van der Waals surface area contributed by atoms with E-state index in [0.717, 1.165) is 5.39 Å². The predicted octanol–water partition coefficient (Wildman–Crippen LogP) is 3.38. The molecule has 0 unspecified atom stereocenters. The van der Waals surface area contributed by atoms with Gasteiger partial charge in [0.15, 0.2) is 0 Å². The highest BCUT2D eigenvalue weighted by atomic mass is 16.3. The summed E-state index contributed by atoms with van der Waals surface area (Å²) < 4.78 is 0. The molecule has 0 fully saturated rings. The fraction of sp³-hybridized carbons (Fsp3) is 0. The quantitative estimate of drug-likeness (QED) is 0.629. The third-order valence-corrected chi connectivity index (χ3v) is 3.28. The number of benzene rings is 3. The molecule has 0 atom stereocenters. The van der Waals surface area contributed by atoms with Crippen molar-refractivity contribution in [3.05, 3.63) is 66.2 Å². The van der Waals surface area contributed by atoms with E-state index in [9.17, 15) is 9.90 Å². The summed E-state index contributed by atoms with van der Waals surface area (Å²) in [6.45, 7) is 0. The van der Waals surface area contributed by atoms with Crippen LogP contribution in [0, 0.1) is 0 Å². The average Bonchev–Trinajstić information content (AvgIpc) is 2.47. The van der Waals surface area contributed by atoms with Crippen LogP contribution in [0.25, 0.3) is 10.8 Å². The Morgan fingerprint density at radius 1 is 1.00 bits per heavy atom. The van der Waals surface area contributed by atoms with Crippen molar-refractivity contribution in [3.63, 3.8) is 0 Å². The molecule has 3 aromatic rings. The van der Waals surface area contributed by atoms with Crippen molar-refractivity contribution in [3.8, 4) is 5.75 Å². The van der Waals surface area contributed by atoms with Gasteiger partial charge in [0, 0.05) is 11.4 Å². The van der Waals surface area contributed by atoms with E-state index in [0.29, 0.717) is 16.8 Å². The van der Waals surface area contributed by atoms with Crippen LogP contribution in [0.2, 0.25) is 0 Å². The number of amides is 1. The summed E-state index contributed by atoms with van der Waals surface area (Å²) in [5.74, 6) is -0.412. The third-order valence-electron chi connectivity index (χ3n) is 3.28. The van der Waals surface area contributed by atoms with Gasteiger partial charge >= 0.3 is 0 Å². The second kappa shape index (κ2) is 5.17. The van der Waals surface area contributed by atoms with Gasteiger partial charge in [-0.15, -0.1) is 0 Å². The van der Waals surface area contributed by atoms with Gasteiger partial charge in [-0.1, -0.05) is 36.4 Å². The fourth-order valence-corrected chi connectivity index (χ4v) is 2.31. The second-order valence-electron chi connectivity index (χ2n) is 4.76. The Bertz CT molecular complexity index is 828. The molecular formula is C17H14N2O2. The number of fused-ring (bicyclic) bond motifs is 1. The van der Waals surface area contributed by atoms with Crippen molar-refractivity contribution < 1.29 is 9.90 Å². The van der Waals surface area contributed by atoms with Crippen LogP contribution in [0.5, 0.6) is 5.75 Å². The fourth-order valence-electron chi connectivity index (χ4n) is 2.31. The Hall–Kier alpha value is -3.01. The average molecular weight is 278 g/mol. The Morgan fingerprint density at radius 3 is 2.62 bits per heavy atom. The molecule has 0 spiro atoms. The second-order valence-corrected chi connectivity index (χ2v) is 4.76. The van der Waals surface area contributed by atoms with Crippen molar-refractivity contribution in [1.29, 1.82) is 0 Å². The lowest BCUT2D eigenvalue weighted by Crippen LogP contribution is -2.12.